The van der Waals surface area contributed by atoms with E-state index in [2.05, 4.69) is 29.2 Å². The van der Waals surface area contributed by atoms with Gasteiger partial charge in [0.15, 0.2) is 0 Å². The Labute approximate surface area is 178 Å². The van der Waals surface area contributed by atoms with Crippen LogP contribution in [0.25, 0.3) is 0 Å². The van der Waals surface area contributed by atoms with Gasteiger partial charge in [-0.25, -0.2) is 9.59 Å². The molecule has 166 valence electrons. The standard InChI is InChI=1S/C21H32N2O.C2H2O4/c22-20(24)21(18-10-4-1-5-11-18,19-12-6-2-7-13-19)14-17-23-15-8-3-9-16-23;3-1(4)2(5)6/h1,4-5,10-11,19H,2-3,6-9,12-17H2,(H2,22,24);(H,3,4)(H,5,6). The van der Waals surface area contributed by atoms with E-state index in [9.17, 15) is 4.79 Å². The van der Waals surface area contributed by atoms with Gasteiger partial charge >= 0.3 is 11.9 Å². The zero-order valence-corrected chi connectivity index (χ0v) is 17.6. The first-order chi connectivity index (χ1) is 14.4. The molecule has 1 saturated heterocycles. The number of primary amides is 1. The fraction of sp³-hybridized carbons (Fsp3) is 0.609. The second-order valence-corrected chi connectivity index (χ2v) is 8.30. The molecule has 4 N–H and O–H groups in total. The lowest BCUT2D eigenvalue weighted by atomic mass is 9.62. The van der Waals surface area contributed by atoms with Crippen molar-refractivity contribution in [2.24, 2.45) is 11.7 Å². The summed E-state index contributed by atoms with van der Waals surface area (Å²) in [6, 6.07) is 10.4. The average Bonchev–Trinajstić information content (AvgIpc) is 2.76. The lowest BCUT2D eigenvalue weighted by Crippen LogP contribution is -2.50. The Hall–Kier alpha value is -2.41. The van der Waals surface area contributed by atoms with Gasteiger partial charge in [0.2, 0.25) is 5.91 Å². The summed E-state index contributed by atoms with van der Waals surface area (Å²) in [7, 11) is 0. The number of piperidine rings is 1. The third-order valence-corrected chi connectivity index (χ3v) is 6.48. The van der Waals surface area contributed by atoms with Crippen LogP contribution >= 0.6 is 0 Å². The van der Waals surface area contributed by atoms with Gasteiger partial charge in [0.1, 0.15) is 0 Å². The first kappa shape index (κ1) is 23.9. The van der Waals surface area contributed by atoms with Crippen LogP contribution in [0.1, 0.15) is 63.4 Å². The quantitative estimate of drug-likeness (QED) is 0.611. The van der Waals surface area contributed by atoms with Crippen LogP contribution in [0.15, 0.2) is 30.3 Å². The number of amides is 1. The molecule has 1 atom stereocenters. The largest absolute Gasteiger partial charge is 0.473 e. The molecule has 1 aliphatic carbocycles. The fourth-order valence-corrected chi connectivity index (χ4v) is 4.90. The molecule has 7 heteroatoms. The lowest BCUT2D eigenvalue weighted by molar-refractivity contribution is -0.159. The summed E-state index contributed by atoms with van der Waals surface area (Å²) in [5.41, 5.74) is 6.75. The molecule has 30 heavy (non-hydrogen) atoms. The molecular weight excluding hydrogens is 384 g/mol. The Morgan fingerprint density at radius 3 is 1.93 bits per heavy atom. The Morgan fingerprint density at radius 2 is 1.43 bits per heavy atom. The second kappa shape index (κ2) is 11.7. The number of carbonyl (C=O) groups excluding carboxylic acids is 1. The van der Waals surface area contributed by atoms with Crippen molar-refractivity contribution in [1.82, 2.24) is 4.90 Å². The van der Waals surface area contributed by atoms with Crippen molar-refractivity contribution in [3.05, 3.63) is 35.9 Å². The summed E-state index contributed by atoms with van der Waals surface area (Å²) < 4.78 is 0. The number of carboxylic acids is 2. The van der Waals surface area contributed by atoms with Gasteiger partial charge < -0.3 is 20.8 Å². The van der Waals surface area contributed by atoms with Crippen LogP contribution in [0.3, 0.4) is 0 Å². The van der Waals surface area contributed by atoms with E-state index < -0.39 is 17.4 Å². The molecule has 1 aromatic rings. The van der Waals surface area contributed by atoms with Crippen molar-refractivity contribution in [3.8, 4) is 0 Å². The van der Waals surface area contributed by atoms with Crippen LogP contribution in [-0.4, -0.2) is 52.6 Å². The summed E-state index contributed by atoms with van der Waals surface area (Å²) in [6.45, 7) is 3.34. The Kier molecular flexibility index (Phi) is 9.30. The average molecular weight is 419 g/mol. The normalized spacial score (nSPS) is 19.7. The van der Waals surface area contributed by atoms with Crippen molar-refractivity contribution >= 4 is 17.8 Å². The minimum absolute atomic E-state index is 0.113. The van der Waals surface area contributed by atoms with Crippen molar-refractivity contribution in [3.63, 3.8) is 0 Å². The van der Waals surface area contributed by atoms with E-state index in [1.54, 1.807) is 0 Å². The highest BCUT2D eigenvalue weighted by Gasteiger charge is 2.45. The molecular formula is C23H34N2O5. The number of hydrogen-bond acceptors (Lipinski definition) is 4. The predicted octanol–water partition coefficient (Wildman–Crippen LogP) is 3.02. The fourth-order valence-electron chi connectivity index (χ4n) is 4.90. The minimum Gasteiger partial charge on any atom is -0.473 e. The van der Waals surface area contributed by atoms with Gasteiger partial charge in [-0.15, -0.1) is 0 Å². The van der Waals surface area contributed by atoms with Gasteiger partial charge in [0.25, 0.3) is 0 Å². The minimum atomic E-state index is -1.82. The monoisotopic (exact) mass is 418 g/mol. The van der Waals surface area contributed by atoms with Crippen molar-refractivity contribution in [2.75, 3.05) is 19.6 Å². The van der Waals surface area contributed by atoms with Crippen molar-refractivity contribution < 1.29 is 24.6 Å². The number of aliphatic carboxylic acids is 2. The van der Waals surface area contributed by atoms with E-state index in [0.717, 1.165) is 31.4 Å². The molecule has 1 unspecified atom stereocenters. The molecule has 1 aliphatic heterocycles. The van der Waals surface area contributed by atoms with E-state index in [4.69, 9.17) is 25.5 Å². The zero-order valence-electron chi connectivity index (χ0n) is 17.6. The Balaban J connectivity index is 0.000000469. The molecule has 1 heterocycles. The molecule has 0 spiro atoms. The highest BCUT2D eigenvalue weighted by atomic mass is 16.4. The third-order valence-electron chi connectivity index (χ3n) is 6.48. The molecule has 1 amide bonds. The predicted molar refractivity (Wildman–Crippen MR) is 114 cm³/mol. The number of rotatable bonds is 6. The molecule has 0 radical (unpaired) electrons. The van der Waals surface area contributed by atoms with Gasteiger partial charge in [-0.2, -0.15) is 0 Å². The van der Waals surface area contributed by atoms with Crippen LogP contribution in [0.2, 0.25) is 0 Å². The van der Waals surface area contributed by atoms with E-state index in [1.807, 2.05) is 6.07 Å². The summed E-state index contributed by atoms with van der Waals surface area (Å²) in [4.78, 5) is 33.5. The van der Waals surface area contributed by atoms with Gasteiger partial charge in [-0.05, 0) is 63.2 Å². The molecule has 7 nitrogen and oxygen atoms in total. The molecule has 2 fully saturated rings. The Bertz CT molecular complexity index is 685. The van der Waals surface area contributed by atoms with Crippen molar-refractivity contribution in [1.29, 1.82) is 0 Å². The number of nitrogens with two attached hydrogens (primary N) is 1. The topological polar surface area (TPSA) is 121 Å². The van der Waals surface area contributed by atoms with Crippen LogP contribution < -0.4 is 5.73 Å². The Morgan fingerprint density at radius 1 is 0.900 bits per heavy atom. The first-order valence-corrected chi connectivity index (χ1v) is 10.9. The second-order valence-electron chi connectivity index (χ2n) is 8.30. The molecule has 2 aliphatic rings. The summed E-state index contributed by atoms with van der Waals surface area (Å²) in [5.74, 6) is -3.36. The van der Waals surface area contributed by atoms with Gasteiger partial charge in [-0.1, -0.05) is 56.0 Å². The molecule has 3 rings (SSSR count). The number of nitrogens with zero attached hydrogens (tertiary/aromatic N) is 1. The summed E-state index contributed by atoms with van der Waals surface area (Å²) >= 11 is 0. The zero-order chi connectivity index (χ0) is 22.0. The van der Waals surface area contributed by atoms with Crippen LogP contribution in [0.4, 0.5) is 0 Å². The van der Waals surface area contributed by atoms with Gasteiger partial charge in [0.05, 0.1) is 5.41 Å². The number of benzene rings is 1. The maximum absolute atomic E-state index is 12.8. The smallest absolute Gasteiger partial charge is 0.414 e. The van der Waals surface area contributed by atoms with E-state index in [0.29, 0.717) is 5.92 Å². The first-order valence-electron chi connectivity index (χ1n) is 10.9. The van der Waals surface area contributed by atoms with E-state index in [1.165, 1.54) is 51.6 Å². The highest BCUT2D eigenvalue weighted by Crippen LogP contribution is 2.43. The van der Waals surface area contributed by atoms with Crippen LogP contribution in [0, 0.1) is 5.92 Å². The number of likely N-dealkylation sites (tertiary alicyclic amines) is 1. The maximum Gasteiger partial charge on any atom is 0.414 e. The van der Waals surface area contributed by atoms with Gasteiger partial charge in [0, 0.05) is 0 Å². The number of hydrogen-bond donors (Lipinski definition) is 3. The highest BCUT2D eigenvalue weighted by molar-refractivity contribution is 6.27. The third kappa shape index (κ3) is 6.29. The van der Waals surface area contributed by atoms with E-state index >= 15 is 0 Å². The van der Waals surface area contributed by atoms with E-state index in [-0.39, 0.29) is 5.91 Å². The molecule has 1 aromatic carbocycles. The summed E-state index contributed by atoms with van der Waals surface area (Å²) in [5, 5.41) is 14.8. The maximum atomic E-state index is 12.8. The SMILES string of the molecule is NC(=O)C(CCN1CCCCC1)(c1ccccc1)C1CCCCC1.O=C(O)C(=O)O. The van der Waals surface area contributed by atoms with Gasteiger partial charge in [-0.3, -0.25) is 4.79 Å². The van der Waals surface area contributed by atoms with Crippen molar-refractivity contribution in [2.45, 2.75) is 63.2 Å². The molecule has 1 saturated carbocycles. The molecule has 0 aromatic heterocycles. The lowest BCUT2D eigenvalue weighted by Gasteiger charge is -2.42. The number of carboxylic acid groups (broad SMARTS) is 2. The van der Waals surface area contributed by atoms with Crippen LogP contribution in [0.5, 0.6) is 0 Å². The summed E-state index contributed by atoms with van der Waals surface area (Å²) in [6.07, 6.45) is 10.8. The number of carbonyl (C=O) groups is 3. The molecule has 0 bridgehead atoms. The van der Waals surface area contributed by atoms with Crippen LogP contribution in [-0.2, 0) is 19.8 Å².